The van der Waals surface area contributed by atoms with Gasteiger partial charge in [0.25, 0.3) is 0 Å². The van der Waals surface area contributed by atoms with Gasteiger partial charge >= 0.3 is 5.97 Å². The lowest BCUT2D eigenvalue weighted by atomic mass is 10.1. The number of rotatable bonds is 5. The molecule has 140 valence electrons. The number of esters is 1. The van der Waals surface area contributed by atoms with Gasteiger partial charge in [-0.1, -0.05) is 11.6 Å². The molecule has 6 nitrogen and oxygen atoms in total. The molecule has 0 spiro atoms. The van der Waals surface area contributed by atoms with Crippen LogP contribution in [0.3, 0.4) is 0 Å². The number of benzene rings is 2. The molecule has 0 saturated carbocycles. The highest BCUT2D eigenvalue weighted by Gasteiger charge is 2.27. The van der Waals surface area contributed by atoms with Crippen molar-refractivity contribution < 1.29 is 23.7 Å². The van der Waals surface area contributed by atoms with E-state index in [-0.39, 0.29) is 11.6 Å². The Bertz CT molecular complexity index is 971. The molecule has 2 aromatic rings. The van der Waals surface area contributed by atoms with E-state index < -0.39 is 5.97 Å². The molecule has 1 aliphatic rings. The predicted octanol–water partition coefficient (Wildman–Crippen LogP) is 4.31. The van der Waals surface area contributed by atoms with E-state index in [0.29, 0.717) is 33.4 Å². The maximum Gasteiger partial charge on any atom is 0.363 e. The van der Waals surface area contributed by atoms with E-state index in [1.165, 1.54) is 21.3 Å². The van der Waals surface area contributed by atoms with Crippen LogP contribution in [-0.4, -0.2) is 33.2 Å². The Balaban J connectivity index is 2.06. The maximum absolute atomic E-state index is 12.3. The number of nitrogens with zero attached hydrogens (tertiary/aromatic N) is 1. The van der Waals surface area contributed by atoms with Crippen molar-refractivity contribution in [2.24, 2.45) is 4.99 Å². The first-order valence-corrected chi connectivity index (χ1v) is 9.21. The molecular formula is C19H15ClINO5. The van der Waals surface area contributed by atoms with Crippen molar-refractivity contribution in [2.45, 2.75) is 0 Å². The van der Waals surface area contributed by atoms with Gasteiger partial charge in [0.1, 0.15) is 0 Å². The van der Waals surface area contributed by atoms with Crippen molar-refractivity contribution >= 4 is 52.1 Å². The fraction of sp³-hybridized carbons (Fsp3) is 0.158. The fourth-order valence-electron chi connectivity index (χ4n) is 2.57. The zero-order valence-corrected chi connectivity index (χ0v) is 17.6. The molecule has 0 saturated heterocycles. The highest BCUT2D eigenvalue weighted by Crippen LogP contribution is 2.41. The molecule has 0 bridgehead atoms. The van der Waals surface area contributed by atoms with Crippen LogP contribution in [0.2, 0.25) is 5.02 Å². The Labute approximate surface area is 174 Å². The Hall–Kier alpha value is -2.26. The Morgan fingerprint density at radius 3 is 2.48 bits per heavy atom. The minimum absolute atomic E-state index is 0.130. The molecule has 1 aliphatic heterocycles. The predicted molar refractivity (Wildman–Crippen MR) is 111 cm³/mol. The minimum Gasteiger partial charge on any atom is -0.493 e. The van der Waals surface area contributed by atoms with Crippen molar-refractivity contribution in [1.29, 1.82) is 0 Å². The van der Waals surface area contributed by atoms with Gasteiger partial charge in [0.15, 0.2) is 17.2 Å². The maximum atomic E-state index is 12.3. The zero-order chi connectivity index (χ0) is 19.6. The lowest BCUT2D eigenvalue weighted by molar-refractivity contribution is -0.129. The van der Waals surface area contributed by atoms with Gasteiger partial charge in [-0.15, -0.1) is 0 Å². The second-order valence-electron chi connectivity index (χ2n) is 5.38. The third kappa shape index (κ3) is 3.89. The second-order valence-corrected chi connectivity index (χ2v) is 7.04. The molecule has 0 N–H and O–H groups in total. The molecule has 1 heterocycles. The highest BCUT2D eigenvalue weighted by molar-refractivity contribution is 14.1. The largest absolute Gasteiger partial charge is 0.493 e. The second kappa shape index (κ2) is 8.18. The Morgan fingerprint density at radius 2 is 1.81 bits per heavy atom. The summed E-state index contributed by atoms with van der Waals surface area (Å²) in [5.74, 6) is 0.949. The summed E-state index contributed by atoms with van der Waals surface area (Å²) in [5.41, 5.74) is 1.28. The van der Waals surface area contributed by atoms with Crippen molar-refractivity contribution in [2.75, 3.05) is 21.3 Å². The van der Waals surface area contributed by atoms with Crippen LogP contribution in [0.15, 0.2) is 41.0 Å². The molecule has 8 heteroatoms. The quantitative estimate of drug-likeness (QED) is 0.348. The molecule has 2 aromatic carbocycles. The molecule has 0 radical (unpaired) electrons. The molecule has 0 fully saturated rings. The van der Waals surface area contributed by atoms with E-state index in [9.17, 15) is 4.79 Å². The summed E-state index contributed by atoms with van der Waals surface area (Å²) >= 11 is 8.36. The highest BCUT2D eigenvalue weighted by atomic mass is 127. The third-order valence-electron chi connectivity index (χ3n) is 3.81. The number of cyclic esters (lactones) is 1. The summed E-state index contributed by atoms with van der Waals surface area (Å²) in [6, 6.07) is 8.85. The normalized spacial score (nSPS) is 14.8. The molecule has 0 unspecified atom stereocenters. The summed E-state index contributed by atoms with van der Waals surface area (Å²) in [6.07, 6.45) is 1.57. The average Bonchev–Trinajstić information content (AvgIpc) is 3.03. The fourth-order valence-corrected chi connectivity index (χ4v) is 3.26. The Kier molecular flexibility index (Phi) is 5.91. The number of hydrogen-bond acceptors (Lipinski definition) is 6. The molecule has 0 amide bonds. The molecule has 0 atom stereocenters. The third-order valence-corrected chi connectivity index (χ3v) is 4.81. The van der Waals surface area contributed by atoms with Gasteiger partial charge in [0.2, 0.25) is 11.6 Å². The first-order valence-electron chi connectivity index (χ1n) is 7.75. The lowest BCUT2D eigenvalue weighted by Crippen LogP contribution is -2.06. The van der Waals surface area contributed by atoms with E-state index in [4.69, 9.17) is 30.5 Å². The van der Waals surface area contributed by atoms with Gasteiger partial charge in [-0.05, 0) is 59.0 Å². The van der Waals surface area contributed by atoms with Crippen LogP contribution < -0.4 is 14.2 Å². The van der Waals surface area contributed by atoms with E-state index in [1.807, 2.05) is 6.07 Å². The van der Waals surface area contributed by atoms with Crippen LogP contribution in [0.4, 0.5) is 0 Å². The van der Waals surface area contributed by atoms with E-state index in [0.717, 1.165) is 3.57 Å². The van der Waals surface area contributed by atoms with Crippen LogP contribution in [0.25, 0.3) is 6.08 Å². The summed E-state index contributed by atoms with van der Waals surface area (Å²) in [4.78, 5) is 16.6. The number of carbonyl (C=O) groups excluding carboxylic acids is 1. The molecule has 3 rings (SSSR count). The van der Waals surface area contributed by atoms with E-state index in [1.54, 1.807) is 30.3 Å². The van der Waals surface area contributed by atoms with Gasteiger partial charge in [0, 0.05) is 9.13 Å². The van der Waals surface area contributed by atoms with Gasteiger partial charge in [0.05, 0.1) is 31.9 Å². The smallest absolute Gasteiger partial charge is 0.363 e. The van der Waals surface area contributed by atoms with Gasteiger partial charge in [-0.2, -0.15) is 0 Å². The van der Waals surface area contributed by atoms with Gasteiger partial charge in [-0.3, -0.25) is 0 Å². The van der Waals surface area contributed by atoms with E-state index >= 15 is 0 Å². The van der Waals surface area contributed by atoms with Crippen molar-refractivity contribution in [1.82, 2.24) is 0 Å². The topological polar surface area (TPSA) is 66.4 Å². The minimum atomic E-state index is -0.572. The average molecular weight is 500 g/mol. The van der Waals surface area contributed by atoms with Crippen LogP contribution in [0, 0.1) is 3.57 Å². The van der Waals surface area contributed by atoms with Crippen LogP contribution >= 0.6 is 34.2 Å². The first kappa shape index (κ1) is 19.5. The lowest BCUT2D eigenvalue weighted by Gasteiger charge is -2.14. The monoisotopic (exact) mass is 499 g/mol. The number of halogens is 2. The van der Waals surface area contributed by atoms with E-state index in [2.05, 4.69) is 27.6 Å². The molecule has 0 aromatic heterocycles. The Morgan fingerprint density at radius 1 is 1.07 bits per heavy atom. The summed E-state index contributed by atoms with van der Waals surface area (Å²) in [5, 5.41) is 0.451. The van der Waals surface area contributed by atoms with Gasteiger partial charge < -0.3 is 18.9 Å². The number of aliphatic imine (C=N–C) groups is 1. The van der Waals surface area contributed by atoms with Crippen LogP contribution in [0.5, 0.6) is 17.2 Å². The summed E-state index contributed by atoms with van der Waals surface area (Å²) < 4.78 is 22.3. The van der Waals surface area contributed by atoms with Gasteiger partial charge in [-0.25, -0.2) is 9.79 Å². The van der Waals surface area contributed by atoms with Crippen LogP contribution in [-0.2, 0) is 9.53 Å². The SMILES string of the molecule is COc1ccc(/C=C2/N=C(c3cc(I)ccc3Cl)OC2=O)c(OC)c1OC. The molecule has 27 heavy (non-hydrogen) atoms. The zero-order valence-electron chi connectivity index (χ0n) is 14.7. The number of hydrogen-bond donors (Lipinski definition) is 0. The van der Waals surface area contributed by atoms with Crippen molar-refractivity contribution in [3.63, 3.8) is 0 Å². The number of carbonyl (C=O) groups is 1. The first-order chi connectivity index (χ1) is 13.0. The summed E-state index contributed by atoms with van der Waals surface area (Å²) in [7, 11) is 4.55. The molecule has 0 aliphatic carbocycles. The number of methoxy groups -OCH3 is 3. The van der Waals surface area contributed by atoms with Crippen molar-refractivity contribution in [3.8, 4) is 17.2 Å². The summed E-state index contributed by atoms with van der Waals surface area (Å²) in [6.45, 7) is 0. The van der Waals surface area contributed by atoms with Crippen molar-refractivity contribution in [3.05, 3.63) is 55.7 Å². The van der Waals surface area contributed by atoms with Crippen LogP contribution in [0.1, 0.15) is 11.1 Å². The molecular weight excluding hydrogens is 485 g/mol. The standard InChI is InChI=1S/C19H15ClINO5/c1-24-15-7-4-10(16(25-2)17(15)26-3)8-14-19(23)27-18(22-14)12-9-11(21)5-6-13(12)20/h4-9H,1-3H3/b14-8+. The number of ether oxygens (including phenoxy) is 4.